The van der Waals surface area contributed by atoms with Crippen molar-refractivity contribution in [3.8, 4) is 5.75 Å². The molecule has 0 spiro atoms. The summed E-state index contributed by atoms with van der Waals surface area (Å²) in [7, 11) is -3.98. The Bertz CT molecular complexity index is 762. The first-order valence-electron chi connectivity index (χ1n) is 8.81. The maximum Gasteiger partial charge on any atom is 0.380 e. The molecule has 3 N–H and O–H groups in total. The van der Waals surface area contributed by atoms with Gasteiger partial charge in [0.15, 0.2) is 0 Å². The van der Waals surface area contributed by atoms with Gasteiger partial charge in [0, 0.05) is 0 Å². The summed E-state index contributed by atoms with van der Waals surface area (Å²) in [6, 6.07) is 5.55. The molecule has 0 amide bonds. The predicted molar refractivity (Wildman–Crippen MR) is 90.8 cm³/mol. The third-order valence-electron chi connectivity index (χ3n) is 6.86. The normalized spacial score (nSPS) is 38.1. The van der Waals surface area contributed by atoms with Crippen LogP contribution in [0.15, 0.2) is 18.2 Å². The highest BCUT2D eigenvalue weighted by atomic mass is 32.2. The molecule has 5 nitrogen and oxygen atoms in total. The van der Waals surface area contributed by atoms with Crippen molar-refractivity contribution in [2.24, 2.45) is 22.4 Å². The van der Waals surface area contributed by atoms with Crippen molar-refractivity contribution < 1.29 is 17.7 Å². The Morgan fingerprint density at radius 2 is 2.04 bits per heavy atom. The van der Waals surface area contributed by atoms with E-state index in [1.54, 1.807) is 6.07 Å². The van der Waals surface area contributed by atoms with E-state index in [4.69, 9.17) is 9.32 Å². The summed E-state index contributed by atoms with van der Waals surface area (Å²) in [6.45, 7) is 2.27. The van der Waals surface area contributed by atoms with Gasteiger partial charge in [-0.05, 0) is 85.0 Å². The monoisotopic (exact) mass is 351 g/mol. The summed E-state index contributed by atoms with van der Waals surface area (Å²) in [5.74, 6) is 2.03. The summed E-state index contributed by atoms with van der Waals surface area (Å²) in [5, 5.41) is 15.4. The number of fused-ring (bicyclic) bond motifs is 5. The van der Waals surface area contributed by atoms with Crippen LogP contribution in [-0.4, -0.2) is 19.6 Å². The smallest absolute Gasteiger partial charge is 0.380 e. The molecule has 6 heteroatoms. The zero-order valence-electron chi connectivity index (χ0n) is 13.9. The minimum absolute atomic E-state index is 0.0787. The number of hydrogen-bond acceptors (Lipinski definition) is 4. The molecule has 2 fully saturated rings. The summed E-state index contributed by atoms with van der Waals surface area (Å²) in [6.07, 6.45) is 6.09. The van der Waals surface area contributed by atoms with Crippen LogP contribution < -0.4 is 9.32 Å². The first-order chi connectivity index (χ1) is 11.3. The molecule has 2 saturated carbocycles. The van der Waals surface area contributed by atoms with Crippen LogP contribution in [0.1, 0.15) is 56.1 Å². The fraction of sp³-hybridized carbons (Fsp3) is 0.667. The van der Waals surface area contributed by atoms with E-state index in [1.807, 2.05) is 12.1 Å². The molecule has 5 atom stereocenters. The minimum atomic E-state index is -3.98. The molecule has 1 aromatic carbocycles. The minimum Gasteiger partial charge on any atom is -0.393 e. The first kappa shape index (κ1) is 16.4. The Balaban J connectivity index is 1.63. The summed E-state index contributed by atoms with van der Waals surface area (Å²) in [4.78, 5) is 0. The van der Waals surface area contributed by atoms with Crippen LogP contribution in [0.25, 0.3) is 0 Å². The van der Waals surface area contributed by atoms with E-state index in [2.05, 4.69) is 6.92 Å². The van der Waals surface area contributed by atoms with E-state index in [9.17, 15) is 13.5 Å². The van der Waals surface area contributed by atoms with Crippen LogP contribution in [0.4, 0.5) is 0 Å². The number of nitrogens with two attached hydrogens (primary N) is 1. The number of benzene rings is 1. The third-order valence-corrected chi connectivity index (χ3v) is 7.29. The Morgan fingerprint density at radius 3 is 2.79 bits per heavy atom. The van der Waals surface area contributed by atoms with E-state index in [0.717, 1.165) is 38.5 Å². The largest absolute Gasteiger partial charge is 0.393 e. The molecule has 24 heavy (non-hydrogen) atoms. The number of hydrogen-bond donors (Lipinski definition) is 2. The lowest BCUT2D eigenvalue weighted by Crippen LogP contribution is -2.43. The van der Waals surface area contributed by atoms with Crippen molar-refractivity contribution in [2.45, 2.75) is 57.5 Å². The van der Waals surface area contributed by atoms with Crippen LogP contribution in [0, 0.1) is 17.3 Å². The highest BCUT2D eigenvalue weighted by Crippen LogP contribution is 2.60. The maximum atomic E-state index is 11.1. The molecule has 0 radical (unpaired) electrons. The van der Waals surface area contributed by atoms with Crippen molar-refractivity contribution in [2.75, 3.05) is 0 Å². The molecule has 132 valence electrons. The van der Waals surface area contributed by atoms with Gasteiger partial charge in [0.05, 0.1) is 6.10 Å². The van der Waals surface area contributed by atoms with E-state index in [-0.39, 0.29) is 11.5 Å². The average Bonchev–Trinajstić information content (AvgIpc) is 2.81. The maximum absolute atomic E-state index is 11.1. The molecule has 0 aliphatic heterocycles. The van der Waals surface area contributed by atoms with E-state index in [1.165, 1.54) is 11.1 Å². The number of rotatable bonds is 2. The predicted octanol–water partition coefficient (Wildman–Crippen LogP) is 2.49. The highest BCUT2D eigenvalue weighted by Gasteiger charge is 2.54. The van der Waals surface area contributed by atoms with Gasteiger partial charge >= 0.3 is 10.3 Å². The molecule has 0 aromatic heterocycles. The van der Waals surface area contributed by atoms with Crippen molar-refractivity contribution in [1.82, 2.24) is 0 Å². The van der Waals surface area contributed by atoms with Gasteiger partial charge in [-0.15, -0.1) is 0 Å². The highest BCUT2D eigenvalue weighted by molar-refractivity contribution is 7.84. The van der Waals surface area contributed by atoms with Crippen LogP contribution >= 0.6 is 0 Å². The molecule has 0 saturated heterocycles. The molecule has 3 aliphatic carbocycles. The summed E-state index contributed by atoms with van der Waals surface area (Å²) in [5.41, 5.74) is 2.59. The van der Waals surface area contributed by atoms with Gasteiger partial charge < -0.3 is 9.29 Å². The van der Waals surface area contributed by atoms with Crippen molar-refractivity contribution in [1.29, 1.82) is 0 Å². The molecular weight excluding hydrogens is 326 g/mol. The molecule has 0 bridgehead atoms. The second-order valence-corrected chi connectivity index (χ2v) is 9.14. The van der Waals surface area contributed by atoms with Crippen molar-refractivity contribution >= 4 is 10.3 Å². The lowest BCUT2D eigenvalue weighted by molar-refractivity contribution is -0.0226. The zero-order valence-corrected chi connectivity index (χ0v) is 14.8. The number of aryl methyl sites for hydroxylation is 1. The molecule has 3 aliphatic rings. The van der Waals surface area contributed by atoms with E-state index >= 15 is 0 Å². The number of aliphatic hydroxyl groups excluding tert-OH is 1. The third kappa shape index (κ3) is 2.55. The van der Waals surface area contributed by atoms with Gasteiger partial charge in [-0.2, -0.15) is 13.6 Å². The Kier molecular flexibility index (Phi) is 3.71. The first-order valence-corrected chi connectivity index (χ1v) is 10.3. The van der Waals surface area contributed by atoms with Crippen molar-refractivity contribution in [3.05, 3.63) is 29.3 Å². The van der Waals surface area contributed by atoms with Gasteiger partial charge in [0.2, 0.25) is 0 Å². The average molecular weight is 351 g/mol. The van der Waals surface area contributed by atoms with E-state index < -0.39 is 10.3 Å². The van der Waals surface area contributed by atoms with Crippen LogP contribution in [0.2, 0.25) is 0 Å². The van der Waals surface area contributed by atoms with Gasteiger partial charge in [0.1, 0.15) is 5.75 Å². The second kappa shape index (κ2) is 5.44. The van der Waals surface area contributed by atoms with Gasteiger partial charge in [0.25, 0.3) is 0 Å². The molecule has 1 aromatic rings. The van der Waals surface area contributed by atoms with Crippen LogP contribution in [-0.2, 0) is 16.7 Å². The molecule has 0 heterocycles. The SMILES string of the molecule is C[C@]12CC[C@@H]3c4ccc(OS(N)(=O)=O)cc4CC[C@H]3[C@@H]1CCC2O. The van der Waals surface area contributed by atoms with Crippen LogP contribution in [0.5, 0.6) is 5.75 Å². The standard InChI is InChI=1S/C18H25NO4S/c1-18-9-8-14-13-5-3-12(23-24(19,21)22)10-11(13)2-4-15(14)16(18)6-7-17(18)20/h3,5,10,14-17,20H,2,4,6-9H2,1H3,(H2,19,21,22)/t14-,15-,16+,17?,18+/m1/s1. The van der Waals surface area contributed by atoms with Crippen LogP contribution in [0.3, 0.4) is 0 Å². The topological polar surface area (TPSA) is 89.6 Å². The van der Waals surface area contributed by atoms with Gasteiger partial charge in [-0.1, -0.05) is 13.0 Å². The fourth-order valence-electron chi connectivity index (χ4n) is 5.72. The Labute approximate surface area is 143 Å². The van der Waals surface area contributed by atoms with E-state index in [0.29, 0.717) is 23.5 Å². The summed E-state index contributed by atoms with van der Waals surface area (Å²) >= 11 is 0. The molecule has 1 unspecified atom stereocenters. The fourth-order valence-corrected chi connectivity index (χ4v) is 6.09. The number of aliphatic hydroxyl groups is 1. The lowest BCUT2D eigenvalue weighted by Gasteiger charge is -2.50. The van der Waals surface area contributed by atoms with Gasteiger partial charge in [-0.3, -0.25) is 0 Å². The Morgan fingerprint density at radius 1 is 1.25 bits per heavy atom. The quantitative estimate of drug-likeness (QED) is 0.856. The molecule has 4 rings (SSSR count). The van der Waals surface area contributed by atoms with Crippen molar-refractivity contribution in [3.63, 3.8) is 0 Å². The lowest BCUT2D eigenvalue weighted by atomic mass is 9.55. The Hall–Kier alpha value is -1.11. The van der Waals surface area contributed by atoms with Gasteiger partial charge in [-0.25, -0.2) is 0 Å². The zero-order chi connectivity index (χ0) is 17.1. The second-order valence-electron chi connectivity index (χ2n) is 7.99. The molecular formula is C18H25NO4S. The summed E-state index contributed by atoms with van der Waals surface area (Å²) < 4.78 is 27.1.